The van der Waals surface area contributed by atoms with Crippen LogP contribution < -0.4 is 14.2 Å². The molecular weight excluding hydrogens is 548 g/mol. The van der Waals surface area contributed by atoms with E-state index in [1.807, 2.05) is 22.9 Å². The fraction of sp³-hybridized carbons (Fsp3) is 0.333. The molecule has 1 saturated carbocycles. The Bertz CT molecular complexity index is 1440. The highest BCUT2D eigenvalue weighted by Crippen LogP contribution is 2.32. The van der Waals surface area contributed by atoms with Crippen molar-refractivity contribution in [2.45, 2.75) is 37.9 Å². The molecule has 0 aromatic heterocycles. The van der Waals surface area contributed by atoms with E-state index in [0.717, 1.165) is 48.0 Å². The molecule has 0 unspecified atom stereocenters. The highest BCUT2D eigenvalue weighted by atomic mass is 32.2. The Morgan fingerprint density at radius 3 is 2.29 bits per heavy atom. The summed E-state index contributed by atoms with van der Waals surface area (Å²) in [5.41, 5.74) is 2.37. The van der Waals surface area contributed by atoms with Gasteiger partial charge in [0.05, 0.1) is 37.1 Å². The van der Waals surface area contributed by atoms with Gasteiger partial charge in [-0.05, 0) is 66.6 Å². The number of hydrogen-bond acceptors (Lipinski definition) is 7. The first kappa shape index (κ1) is 29.9. The molecule has 10 nitrogen and oxygen atoms in total. The smallest absolute Gasteiger partial charge is 0.407 e. The third-order valence-corrected chi connectivity index (χ3v) is 7.32. The molecule has 0 heterocycles. The van der Waals surface area contributed by atoms with Gasteiger partial charge >= 0.3 is 6.09 Å². The van der Waals surface area contributed by atoms with E-state index in [4.69, 9.17) is 9.47 Å². The van der Waals surface area contributed by atoms with Crippen LogP contribution in [0, 0.1) is 0 Å². The lowest BCUT2D eigenvalue weighted by atomic mass is 10.0. The third-order valence-electron chi connectivity index (χ3n) is 6.77. The van der Waals surface area contributed by atoms with E-state index in [1.54, 1.807) is 54.6 Å². The first-order valence-electron chi connectivity index (χ1n) is 13.4. The molecule has 0 saturated heterocycles. The molecule has 1 aliphatic rings. The summed E-state index contributed by atoms with van der Waals surface area (Å²) in [5, 5.41) is 19.9. The lowest BCUT2D eigenvalue weighted by Gasteiger charge is -2.22. The summed E-state index contributed by atoms with van der Waals surface area (Å²) in [4.78, 5) is 25.4. The van der Waals surface area contributed by atoms with Gasteiger partial charge in [-0.2, -0.15) is 0 Å². The highest BCUT2D eigenvalue weighted by molar-refractivity contribution is 7.89. The Morgan fingerprint density at radius 2 is 1.66 bits per heavy atom. The van der Waals surface area contributed by atoms with Gasteiger partial charge in [-0.15, -0.1) is 0 Å². The summed E-state index contributed by atoms with van der Waals surface area (Å²) in [6.07, 6.45) is 2.60. The van der Waals surface area contributed by atoms with Crippen LogP contribution in [0.5, 0.6) is 11.5 Å². The minimum Gasteiger partial charge on any atom is -0.492 e. The molecule has 1 fully saturated rings. The first-order valence-corrected chi connectivity index (χ1v) is 15.2. The zero-order chi connectivity index (χ0) is 29.4. The van der Waals surface area contributed by atoms with Crippen LogP contribution in [0.4, 0.5) is 4.79 Å². The lowest BCUT2D eigenvalue weighted by molar-refractivity contribution is 0.0894. The SMILES string of the molecule is CS(=O)(=O)NC(=O)c1ccc(-c2ccc(OCCN(C[C@@H](O)c3ccccc3)C(=O)O)cc2)cc1OC1CCCC1. The van der Waals surface area contributed by atoms with E-state index in [2.05, 4.69) is 0 Å². The Kier molecular flexibility index (Phi) is 9.85. The number of hydrogen-bond donors (Lipinski definition) is 3. The minimum atomic E-state index is -3.74. The standard InChI is InChI=1S/C30H34N2O8S/c1-41(37,38)31-29(34)26-16-13-23(19-28(26)40-25-9-5-6-10-25)21-11-14-24(15-12-21)39-18-17-32(30(35)36)20-27(33)22-7-3-2-4-8-22/h2-4,7-8,11-16,19,25,27,33H,5-6,9-10,17-18,20H2,1H3,(H,31,34)(H,35,36)/t27-/m1/s1. The lowest BCUT2D eigenvalue weighted by Crippen LogP contribution is -2.36. The van der Waals surface area contributed by atoms with Crippen LogP contribution in [0.1, 0.15) is 47.7 Å². The number of rotatable bonds is 12. The molecule has 3 aromatic carbocycles. The van der Waals surface area contributed by atoms with Gasteiger partial charge in [0.1, 0.15) is 18.1 Å². The molecule has 218 valence electrons. The van der Waals surface area contributed by atoms with Crippen molar-refractivity contribution in [1.82, 2.24) is 9.62 Å². The molecule has 2 amide bonds. The maximum atomic E-state index is 12.6. The largest absolute Gasteiger partial charge is 0.492 e. The molecule has 3 N–H and O–H groups in total. The van der Waals surface area contributed by atoms with Crippen molar-refractivity contribution in [3.63, 3.8) is 0 Å². The highest BCUT2D eigenvalue weighted by Gasteiger charge is 2.22. The number of carbonyl (C=O) groups is 2. The normalized spacial score (nSPS) is 14.3. The van der Waals surface area contributed by atoms with Crippen molar-refractivity contribution >= 4 is 22.0 Å². The van der Waals surface area contributed by atoms with Crippen molar-refractivity contribution in [3.8, 4) is 22.6 Å². The summed E-state index contributed by atoms with van der Waals surface area (Å²) in [6.45, 7) is 0.0850. The van der Waals surface area contributed by atoms with E-state index in [-0.39, 0.29) is 31.4 Å². The zero-order valence-electron chi connectivity index (χ0n) is 22.7. The van der Waals surface area contributed by atoms with Crippen LogP contribution >= 0.6 is 0 Å². The van der Waals surface area contributed by atoms with Gasteiger partial charge in [0.15, 0.2) is 0 Å². The number of ether oxygens (including phenoxy) is 2. The zero-order valence-corrected chi connectivity index (χ0v) is 23.5. The molecule has 0 aliphatic heterocycles. The number of benzene rings is 3. The van der Waals surface area contributed by atoms with Crippen molar-refractivity contribution in [3.05, 3.63) is 83.9 Å². The molecule has 3 aromatic rings. The third kappa shape index (κ3) is 8.70. The van der Waals surface area contributed by atoms with E-state index in [9.17, 15) is 28.2 Å². The quantitative estimate of drug-likeness (QED) is 0.284. The monoisotopic (exact) mass is 582 g/mol. The predicted octanol–water partition coefficient (Wildman–Crippen LogP) is 4.46. The average molecular weight is 583 g/mol. The van der Waals surface area contributed by atoms with Gasteiger partial charge in [-0.25, -0.2) is 17.9 Å². The van der Waals surface area contributed by atoms with Gasteiger partial charge in [-0.3, -0.25) is 4.79 Å². The van der Waals surface area contributed by atoms with Gasteiger partial charge in [0.25, 0.3) is 5.91 Å². The number of nitrogens with zero attached hydrogens (tertiary/aromatic N) is 1. The molecule has 0 spiro atoms. The van der Waals surface area contributed by atoms with Crippen molar-refractivity contribution in [2.24, 2.45) is 0 Å². The van der Waals surface area contributed by atoms with Crippen LogP contribution in [0.25, 0.3) is 11.1 Å². The Labute approximate surface area is 239 Å². The number of carbonyl (C=O) groups excluding carboxylic acids is 1. The molecule has 4 rings (SSSR count). The number of aliphatic hydroxyl groups excluding tert-OH is 1. The average Bonchev–Trinajstić information content (AvgIpc) is 3.45. The number of carboxylic acid groups (broad SMARTS) is 1. The minimum absolute atomic E-state index is 0.0371. The molecule has 11 heteroatoms. The second kappa shape index (κ2) is 13.5. The van der Waals surface area contributed by atoms with E-state index < -0.39 is 28.1 Å². The summed E-state index contributed by atoms with van der Waals surface area (Å²) >= 11 is 0. The molecule has 41 heavy (non-hydrogen) atoms. The van der Waals surface area contributed by atoms with Crippen LogP contribution in [-0.4, -0.2) is 67.6 Å². The predicted molar refractivity (Wildman–Crippen MR) is 154 cm³/mol. The van der Waals surface area contributed by atoms with Gasteiger partial charge in [-0.1, -0.05) is 48.5 Å². The van der Waals surface area contributed by atoms with Gasteiger partial charge in [0.2, 0.25) is 10.0 Å². The molecule has 1 aliphatic carbocycles. The Morgan fingerprint density at radius 1 is 1.00 bits per heavy atom. The Balaban J connectivity index is 1.41. The van der Waals surface area contributed by atoms with Crippen LogP contribution in [-0.2, 0) is 10.0 Å². The fourth-order valence-corrected chi connectivity index (χ4v) is 5.11. The van der Waals surface area contributed by atoms with Crippen molar-refractivity contribution in [1.29, 1.82) is 0 Å². The van der Waals surface area contributed by atoms with E-state index >= 15 is 0 Å². The fourth-order valence-electron chi connectivity index (χ4n) is 4.67. The molecule has 1 atom stereocenters. The second-order valence-corrected chi connectivity index (χ2v) is 11.7. The number of nitrogens with one attached hydrogen (secondary N) is 1. The van der Waals surface area contributed by atoms with E-state index in [0.29, 0.717) is 17.1 Å². The van der Waals surface area contributed by atoms with Crippen molar-refractivity contribution in [2.75, 3.05) is 26.0 Å². The first-order chi connectivity index (χ1) is 19.6. The summed E-state index contributed by atoms with van der Waals surface area (Å²) in [6, 6.07) is 21.0. The van der Waals surface area contributed by atoms with Gasteiger partial charge < -0.3 is 24.6 Å². The van der Waals surface area contributed by atoms with Gasteiger partial charge in [0, 0.05) is 0 Å². The Hall–Kier alpha value is -4.09. The second-order valence-electron chi connectivity index (χ2n) is 9.97. The summed E-state index contributed by atoms with van der Waals surface area (Å²) in [7, 11) is -3.74. The van der Waals surface area contributed by atoms with Crippen LogP contribution in [0.3, 0.4) is 0 Å². The topological polar surface area (TPSA) is 142 Å². The maximum absolute atomic E-state index is 12.6. The van der Waals surface area contributed by atoms with Crippen molar-refractivity contribution < 1.29 is 37.7 Å². The molecular formula is C30H34N2O8S. The number of amides is 2. The summed E-state index contributed by atoms with van der Waals surface area (Å²) < 4.78 is 37.1. The summed E-state index contributed by atoms with van der Waals surface area (Å²) in [5.74, 6) is 0.110. The van der Waals surface area contributed by atoms with E-state index in [1.165, 1.54) is 0 Å². The number of aliphatic hydroxyl groups is 1. The number of sulfonamides is 1. The maximum Gasteiger partial charge on any atom is 0.407 e. The van der Waals surface area contributed by atoms with Crippen LogP contribution in [0.15, 0.2) is 72.8 Å². The van der Waals surface area contributed by atoms with Crippen LogP contribution in [0.2, 0.25) is 0 Å². The molecule has 0 bridgehead atoms. The molecule has 0 radical (unpaired) electrons.